The highest BCUT2D eigenvalue weighted by Crippen LogP contribution is 2.32. The lowest BCUT2D eigenvalue weighted by atomic mass is 10.2. The van der Waals surface area contributed by atoms with Crippen LogP contribution in [-0.2, 0) is 4.79 Å². The Labute approximate surface area is 132 Å². The number of aromatic nitrogens is 4. The number of carbonyl (C=O) groups is 1. The number of phenols is 1. The Morgan fingerprint density at radius 1 is 1.45 bits per heavy atom. The van der Waals surface area contributed by atoms with E-state index >= 15 is 0 Å². The summed E-state index contributed by atoms with van der Waals surface area (Å²) in [6.45, 7) is 2.04. The average molecular weight is 319 g/mol. The molecule has 1 aromatic heterocycles. The first-order valence-electron chi connectivity index (χ1n) is 7.13. The second-order valence-electron chi connectivity index (χ2n) is 5.37. The van der Waals surface area contributed by atoms with Gasteiger partial charge in [0.1, 0.15) is 5.75 Å². The maximum atomic E-state index is 11.9. The van der Waals surface area contributed by atoms with Crippen molar-refractivity contribution in [3.8, 4) is 11.4 Å². The molecule has 0 saturated heterocycles. The molecule has 0 radical (unpaired) electrons. The highest BCUT2D eigenvalue weighted by atomic mass is 32.2. The van der Waals surface area contributed by atoms with Gasteiger partial charge in [-0.1, -0.05) is 11.8 Å². The third-order valence-electron chi connectivity index (χ3n) is 3.59. The lowest BCUT2D eigenvalue weighted by molar-refractivity contribution is -0.119. The zero-order valence-electron chi connectivity index (χ0n) is 12.1. The van der Waals surface area contributed by atoms with Crippen LogP contribution in [0.2, 0.25) is 0 Å². The number of nitrogens with one attached hydrogen (secondary N) is 1. The summed E-state index contributed by atoms with van der Waals surface area (Å²) in [5.74, 6) is 1.08. The minimum absolute atomic E-state index is 0.00958. The van der Waals surface area contributed by atoms with E-state index in [1.54, 1.807) is 28.9 Å². The SMILES string of the molecule is C[C@H](NC(=O)CSc1nnnn1-c1ccc(O)cc1)C1CC1. The van der Waals surface area contributed by atoms with Crippen molar-refractivity contribution in [3.63, 3.8) is 0 Å². The van der Waals surface area contributed by atoms with E-state index in [-0.39, 0.29) is 23.5 Å². The number of benzene rings is 1. The maximum absolute atomic E-state index is 11.9. The molecular formula is C14H17N5O2S. The lowest BCUT2D eigenvalue weighted by Gasteiger charge is -2.12. The topological polar surface area (TPSA) is 92.9 Å². The summed E-state index contributed by atoms with van der Waals surface area (Å²) in [7, 11) is 0. The lowest BCUT2D eigenvalue weighted by Crippen LogP contribution is -2.35. The van der Waals surface area contributed by atoms with Crippen LogP contribution >= 0.6 is 11.8 Å². The highest BCUT2D eigenvalue weighted by molar-refractivity contribution is 7.99. The van der Waals surface area contributed by atoms with E-state index in [4.69, 9.17) is 0 Å². The second-order valence-corrected chi connectivity index (χ2v) is 6.31. The average Bonchev–Trinajstić information content (AvgIpc) is 3.25. The Morgan fingerprint density at radius 3 is 2.86 bits per heavy atom. The molecule has 8 heteroatoms. The summed E-state index contributed by atoms with van der Waals surface area (Å²) < 4.78 is 1.54. The fourth-order valence-corrected chi connectivity index (χ4v) is 2.87. The fraction of sp³-hybridized carbons (Fsp3) is 0.429. The molecule has 1 aliphatic rings. The van der Waals surface area contributed by atoms with Crippen molar-refractivity contribution in [2.45, 2.75) is 31.0 Å². The van der Waals surface area contributed by atoms with E-state index in [9.17, 15) is 9.90 Å². The molecule has 0 unspecified atom stereocenters. The van der Waals surface area contributed by atoms with Crippen molar-refractivity contribution >= 4 is 17.7 Å². The van der Waals surface area contributed by atoms with Gasteiger partial charge in [0.25, 0.3) is 0 Å². The Balaban J connectivity index is 1.60. The summed E-state index contributed by atoms with van der Waals surface area (Å²) in [4.78, 5) is 11.9. The Morgan fingerprint density at radius 2 is 2.18 bits per heavy atom. The number of nitrogens with zero attached hydrogens (tertiary/aromatic N) is 4. The first-order valence-corrected chi connectivity index (χ1v) is 8.12. The molecule has 1 fully saturated rings. The maximum Gasteiger partial charge on any atom is 0.230 e. The van der Waals surface area contributed by atoms with Gasteiger partial charge in [-0.2, -0.15) is 4.68 Å². The van der Waals surface area contributed by atoms with Gasteiger partial charge < -0.3 is 10.4 Å². The molecule has 116 valence electrons. The zero-order chi connectivity index (χ0) is 15.5. The summed E-state index contributed by atoms with van der Waals surface area (Å²) in [5.41, 5.74) is 0.733. The van der Waals surface area contributed by atoms with Gasteiger partial charge >= 0.3 is 0 Å². The smallest absolute Gasteiger partial charge is 0.230 e. The molecule has 1 aliphatic carbocycles. The van der Waals surface area contributed by atoms with Crippen LogP contribution in [0.1, 0.15) is 19.8 Å². The molecule has 2 N–H and O–H groups in total. The van der Waals surface area contributed by atoms with Crippen molar-refractivity contribution in [1.29, 1.82) is 0 Å². The summed E-state index contributed by atoms with van der Waals surface area (Å²) in [6, 6.07) is 6.79. The Bertz CT molecular complexity index is 654. The molecule has 1 heterocycles. The molecule has 0 aliphatic heterocycles. The Kier molecular flexibility index (Phi) is 4.28. The predicted molar refractivity (Wildman–Crippen MR) is 81.9 cm³/mol. The van der Waals surface area contributed by atoms with Gasteiger partial charge in [0.15, 0.2) is 0 Å². The number of carbonyl (C=O) groups excluding carboxylic acids is 1. The molecule has 1 aromatic carbocycles. The van der Waals surface area contributed by atoms with Gasteiger partial charge in [-0.25, -0.2) is 0 Å². The summed E-state index contributed by atoms with van der Waals surface area (Å²) in [6.07, 6.45) is 2.40. The molecule has 2 aromatic rings. The Hall–Kier alpha value is -2.09. The number of hydrogen-bond donors (Lipinski definition) is 2. The van der Waals surface area contributed by atoms with Gasteiger partial charge in [-0.15, -0.1) is 5.10 Å². The van der Waals surface area contributed by atoms with Crippen LogP contribution in [-0.4, -0.2) is 43.0 Å². The number of rotatable bonds is 6. The predicted octanol–water partition coefficient (Wildman–Crippen LogP) is 1.37. The molecule has 0 bridgehead atoms. The van der Waals surface area contributed by atoms with Crippen molar-refractivity contribution in [1.82, 2.24) is 25.5 Å². The minimum atomic E-state index is -0.00958. The summed E-state index contributed by atoms with van der Waals surface area (Å²) >= 11 is 1.29. The fourth-order valence-electron chi connectivity index (χ4n) is 2.16. The second kappa shape index (κ2) is 6.35. The van der Waals surface area contributed by atoms with Crippen LogP contribution in [0.15, 0.2) is 29.4 Å². The van der Waals surface area contributed by atoms with E-state index in [2.05, 4.69) is 20.8 Å². The molecule has 1 saturated carbocycles. The number of aromatic hydroxyl groups is 1. The largest absolute Gasteiger partial charge is 0.508 e. The zero-order valence-corrected chi connectivity index (χ0v) is 13.0. The molecule has 22 heavy (non-hydrogen) atoms. The van der Waals surface area contributed by atoms with Crippen molar-refractivity contribution in [2.75, 3.05) is 5.75 Å². The number of thioether (sulfide) groups is 1. The highest BCUT2D eigenvalue weighted by Gasteiger charge is 2.28. The molecule has 7 nitrogen and oxygen atoms in total. The first-order chi connectivity index (χ1) is 10.6. The number of hydrogen-bond acceptors (Lipinski definition) is 6. The van der Waals surface area contributed by atoms with E-state index in [1.165, 1.54) is 24.6 Å². The van der Waals surface area contributed by atoms with Crippen molar-refractivity contribution in [2.24, 2.45) is 5.92 Å². The van der Waals surface area contributed by atoms with Crippen LogP contribution in [0.4, 0.5) is 0 Å². The molecular weight excluding hydrogens is 302 g/mol. The van der Waals surface area contributed by atoms with Crippen LogP contribution in [0.25, 0.3) is 5.69 Å². The normalized spacial score (nSPS) is 15.5. The monoisotopic (exact) mass is 319 g/mol. The third-order valence-corrected chi connectivity index (χ3v) is 4.50. The van der Waals surface area contributed by atoms with Gasteiger partial charge in [-0.3, -0.25) is 4.79 Å². The van der Waals surface area contributed by atoms with E-state index in [0.29, 0.717) is 11.1 Å². The van der Waals surface area contributed by atoms with Crippen LogP contribution in [0.5, 0.6) is 5.75 Å². The number of tetrazole rings is 1. The first kappa shape index (κ1) is 14.8. The van der Waals surface area contributed by atoms with Gasteiger partial charge in [0, 0.05) is 6.04 Å². The number of phenolic OH excluding ortho intramolecular Hbond substituents is 1. The molecule has 0 spiro atoms. The quantitative estimate of drug-likeness (QED) is 0.781. The van der Waals surface area contributed by atoms with Crippen LogP contribution in [0.3, 0.4) is 0 Å². The standard InChI is InChI=1S/C14H17N5O2S/c1-9(10-2-3-10)15-13(21)8-22-14-16-17-18-19(14)11-4-6-12(20)7-5-11/h4-7,9-10,20H,2-3,8H2,1H3,(H,15,21)/t9-/m0/s1. The van der Waals surface area contributed by atoms with E-state index < -0.39 is 0 Å². The molecule has 3 rings (SSSR count). The van der Waals surface area contributed by atoms with Crippen molar-refractivity contribution < 1.29 is 9.90 Å². The van der Waals surface area contributed by atoms with Gasteiger partial charge in [0.05, 0.1) is 11.4 Å². The van der Waals surface area contributed by atoms with Crippen molar-refractivity contribution in [3.05, 3.63) is 24.3 Å². The summed E-state index contributed by atoms with van der Waals surface area (Å²) in [5, 5.41) is 24.4. The van der Waals surface area contributed by atoms with Crippen LogP contribution < -0.4 is 5.32 Å². The van der Waals surface area contributed by atoms with Crippen LogP contribution in [0, 0.1) is 5.92 Å². The molecule has 1 amide bonds. The third kappa shape index (κ3) is 3.56. The van der Waals surface area contributed by atoms with Gasteiger partial charge in [-0.05, 0) is 60.4 Å². The van der Waals surface area contributed by atoms with E-state index in [1.807, 2.05) is 6.92 Å². The minimum Gasteiger partial charge on any atom is -0.508 e. The molecule has 1 atom stereocenters. The van der Waals surface area contributed by atoms with Gasteiger partial charge in [0.2, 0.25) is 11.1 Å². The van der Waals surface area contributed by atoms with E-state index in [0.717, 1.165) is 5.69 Å². The number of amides is 1.